The molecular weight excluding hydrogens is 330 g/mol. The van der Waals surface area contributed by atoms with E-state index in [-0.39, 0.29) is 18.1 Å². The molecule has 0 spiro atoms. The fourth-order valence-corrected chi connectivity index (χ4v) is 4.34. The summed E-state index contributed by atoms with van der Waals surface area (Å²) in [6.45, 7) is 5.35. The van der Waals surface area contributed by atoms with E-state index in [1.165, 1.54) is 0 Å². The van der Waals surface area contributed by atoms with E-state index in [0.29, 0.717) is 18.8 Å². The Bertz CT molecular complexity index is 706. The Morgan fingerprint density at radius 1 is 1.22 bits per heavy atom. The average Bonchev–Trinajstić information content (AvgIpc) is 2.51. The molecule has 2 aromatic rings. The number of nitrogens with zero attached hydrogens (tertiary/aromatic N) is 1. The maximum Gasteiger partial charge on any atom is 0.233 e. The molecule has 0 bridgehead atoms. The lowest BCUT2D eigenvalue weighted by atomic mass is 10.1. The lowest BCUT2D eigenvalue weighted by molar-refractivity contribution is -0.140. The van der Waals surface area contributed by atoms with Gasteiger partial charge >= 0.3 is 0 Å². The van der Waals surface area contributed by atoms with E-state index in [2.05, 4.69) is 0 Å². The molecule has 1 heterocycles. The molecule has 1 saturated heterocycles. The quantitative estimate of drug-likeness (QED) is 0.777. The van der Waals surface area contributed by atoms with Crippen molar-refractivity contribution in [3.8, 4) is 0 Å². The summed E-state index contributed by atoms with van der Waals surface area (Å²) in [5, 5.41) is 2.86. The highest BCUT2D eigenvalue weighted by Crippen LogP contribution is 2.33. The van der Waals surface area contributed by atoms with E-state index in [0.717, 1.165) is 20.7 Å². The van der Waals surface area contributed by atoms with Crippen molar-refractivity contribution < 1.29 is 9.53 Å². The van der Waals surface area contributed by atoms with E-state index in [4.69, 9.17) is 16.3 Å². The summed E-state index contributed by atoms with van der Waals surface area (Å²) in [6.07, 6.45) is 0.194. The van der Waals surface area contributed by atoms with Crippen LogP contribution in [-0.4, -0.2) is 41.9 Å². The molecule has 1 aliphatic heterocycles. The number of amides is 1. The molecule has 5 heteroatoms. The van der Waals surface area contributed by atoms with Crippen molar-refractivity contribution in [2.45, 2.75) is 31.0 Å². The Labute approximate surface area is 145 Å². The summed E-state index contributed by atoms with van der Waals surface area (Å²) in [5.74, 6) is 0.574. The second kappa shape index (κ2) is 7.12. The van der Waals surface area contributed by atoms with Gasteiger partial charge in [0.2, 0.25) is 5.91 Å². The van der Waals surface area contributed by atoms with Crippen LogP contribution < -0.4 is 0 Å². The minimum absolute atomic E-state index is 0.0969. The van der Waals surface area contributed by atoms with Crippen LogP contribution in [0.25, 0.3) is 10.8 Å². The number of halogens is 1. The molecule has 2 atom stereocenters. The summed E-state index contributed by atoms with van der Waals surface area (Å²) in [5.41, 5.74) is 0. The van der Waals surface area contributed by atoms with Crippen LogP contribution in [0.2, 0.25) is 5.02 Å². The fourth-order valence-electron chi connectivity index (χ4n) is 2.99. The van der Waals surface area contributed by atoms with Crippen molar-refractivity contribution >= 4 is 40.0 Å². The normalized spacial score (nSPS) is 21.6. The predicted molar refractivity (Wildman–Crippen MR) is 96.3 cm³/mol. The van der Waals surface area contributed by atoms with Gasteiger partial charge < -0.3 is 9.64 Å². The van der Waals surface area contributed by atoms with Crippen LogP contribution in [0.15, 0.2) is 41.3 Å². The van der Waals surface area contributed by atoms with E-state index in [9.17, 15) is 4.79 Å². The Hall–Kier alpha value is -1.23. The number of carbonyl (C=O) groups excluding carboxylic acids is 1. The lowest BCUT2D eigenvalue weighted by Gasteiger charge is -2.35. The molecule has 0 aliphatic carbocycles. The third-order valence-electron chi connectivity index (χ3n) is 3.94. The highest BCUT2D eigenvalue weighted by Gasteiger charge is 2.25. The van der Waals surface area contributed by atoms with Crippen LogP contribution in [0.5, 0.6) is 0 Å². The fraction of sp³-hybridized carbons (Fsp3) is 0.389. The van der Waals surface area contributed by atoms with Crippen LogP contribution in [-0.2, 0) is 9.53 Å². The van der Waals surface area contributed by atoms with Gasteiger partial charge in [-0.15, -0.1) is 11.8 Å². The zero-order valence-electron chi connectivity index (χ0n) is 13.3. The first-order chi connectivity index (χ1) is 11.0. The van der Waals surface area contributed by atoms with Gasteiger partial charge in [0.25, 0.3) is 0 Å². The first-order valence-electron chi connectivity index (χ1n) is 7.78. The van der Waals surface area contributed by atoms with Gasteiger partial charge in [-0.05, 0) is 31.4 Å². The first-order valence-corrected chi connectivity index (χ1v) is 9.14. The van der Waals surface area contributed by atoms with E-state index < -0.39 is 0 Å². The molecule has 0 aromatic heterocycles. The standard InChI is InChI=1S/C18H20ClNO2S/c1-12-9-20(10-13(2)22-12)17(21)11-23-16-8-4-6-14-5-3-7-15(19)18(14)16/h3-8,12-13H,9-11H2,1-2H3. The van der Waals surface area contributed by atoms with Crippen LogP contribution in [0.4, 0.5) is 0 Å². The molecule has 122 valence electrons. The third-order valence-corrected chi connectivity index (χ3v) is 5.30. The van der Waals surface area contributed by atoms with Crippen molar-refractivity contribution in [2.24, 2.45) is 0 Å². The zero-order chi connectivity index (χ0) is 16.4. The van der Waals surface area contributed by atoms with Gasteiger partial charge in [-0.25, -0.2) is 0 Å². The summed E-state index contributed by atoms with van der Waals surface area (Å²) >= 11 is 7.89. The molecule has 1 amide bonds. The molecule has 0 N–H and O–H groups in total. The van der Waals surface area contributed by atoms with Crippen molar-refractivity contribution in [1.29, 1.82) is 0 Å². The SMILES string of the molecule is CC1CN(C(=O)CSc2cccc3cccc(Cl)c23)CC(C)O1. The molecule has 23 heavy (non-hydrogen) atoms. The number of fused-ring (bicyclic) bond motifs is 1. The molecule has 3 rings (SSSR count). The minimum atomic E-state index is 0.0969. The van der Waals surface area contributed by atoms with E-state index >= 15 is 0 Å². The van der Waals surface area contributed by atoms with Gasteiger partial charge in [0.05, 0.1) is 18.0 Å². The smallest absolute Gasteiger partial charge is 0.233 e. The van der Waals surface area contributed by atoms with Gasteiger partial charge in [-0.1, -0.05) is 35.9 Å². The average molecular weight is 350 g/mol. The Morgan fingerprint density at radius 3 is 2.57 bits per heavy atom. The van der Waals surface area contributed by atoms with Crippen molar-refractivity contribution in [3.05, 3.63) is 41.4 Å². The minimum Gasteiger partial charge on any atom is -0.372 e. The predicted octanol–water partition coefficient (Wildman–Crippen LogP) is 4.22. The summed E-state index contributed by atoms with van der Waals surface area (Å²) in [7, 11) is 0. The van der Waals surface area contributed by atoms with E-state index in [1.54, 1.807) is 11.8 Å². The summed E-state index contributed by atoms with van der Waals surface area (Å²) in [6, 6.07) is 11.9. The number of carbonyl (C=O) groups is 1. The third kappa shape index (κ3) is 3.82. The maximum atomic E-state index is 12.5. The Morgan fingerprint density at radius 2 is 1.87 bits per heavy atom. The number of hydrogen-bond donors (Lipinski definition) is 0. The molecule has 3 nitrogen and oxygen atoms in total. The molecule has 1 aliphatic rings. The largest absolute Gasteiger partial charge is 0.372 e. The van der Waals surface area contributed by atoms with Gasteiger partial charge in [0.15, 0.2) is 0 Å². The summed E-state index contributed by atoms with van der Waals surface area (Å²) < 4.78 is 5.68. The highest BCUT2D eigenvalue weighted by molar-refractivity contribution is 8.00. The second-order valence-corrected chi connectivity index (χ2v) is 7.36. The Kier molecular flexibility index (Phi) is 5.14. The molecular formula is C18H20ClNO2S. The second-order valence-electron chi connectivity index (χ2n) is 5.94. The van der Waals surface area contributed by atoms with Gasteiger partial charge in [-0.2, -0.15) is 0 Å². The number of morpholine rings is 1. The van der Waals surface area contributed by atoms with Crippen LogP contribution in [0, 0.1) is 0 Å². The molecule has 0 radical (unpaired) electrons. The van der Waals surface area contributed by atoms with Gasteiger partial charge in [0.1, 0.15) is 0 Å². The number of hydrogen-bond acceptors (Lipinski definition) is 3. The first kappa shape index (κ1) is 16.6. The number of thioether (sulfide) groups is 1. The van der Waals surface area contributed by atoms with E-state index in [1.807, 2.05) is 55.1 Å². The Balaban J connectivity index is 1.72. The lowest BCUT2D eigenvalue weighted by Crippen LogP contribution is -2.48. The summed E-state index contributed by atoms with van der Waals surface area (Å²) in [4.78, 5) is 15.5. The number of benzene rings is 2. The number of ether oxygens (including phenoxy) is 1. The van der Waals surface area contributed by atoms with Crippen molar-refractivity contribution in [3.63, 3.8) is 0 Å². The van der Waals surface area contributed by atoms with Crippen molar-refractivity contribution in [2.75, 3.05) is 18.8 Å². The number of rotatable bonds is 3. The zero-order valence-corrected chi connectivity index (χ0v) is 14.9. The molecule has 1 fully saturated rings. The monoisotopic (exact) mass is 349 g/mol. The van der Waals surface area contributed by atoms with Gasteiger partial charge in [0, 0.05) is 28.4 Å². The van der Waals surface area contributed by atoms with Crippen LogP contribution in [0.3, 0.4) is 0 Å². The highest BCUT2D eigenvalue weighted by atomic mass is 35.5. The van der Waals surface area contributed by atoms with Crippen LogP contribution >= 0.6 is 23.4 Å². The molecule has 2 aromatic carbocycles. The molecule has 2 unspecified atom stereocenters. The van der Waals surface area contributed by atoms with Gasteiger partial charge in [-0.3, -0.25) is 4.79 Å². The maximum absolute atomic E-state index is 12.5. The topological polar surface area (TPSA) is 29.5 Å². The van der Waals surface area contributed by atoms with Crippen LogP contribution in [0.1, 0.15) is 13.8 Å². The molecule has 0 saturated carbocycles. The van der Waals surface area contributed by atoms with Crippen molar-refractivity contribution in [1.82, 2.24) is 4.90 Å².